The third kappa shape index (κ3) is 4.56. The van der Waals surface area contributed by atoms with Gasteiger partial charge in [0.05, 0.1) is 26.4 Å². The molecule has 2 N–H and O–H groups in total. The summed E-state index contributed by atoms with van der Waals surface area (Å²) in [7, 11) is 1.35. The average Bonchev–Trinajstić information content (AvgIpc) is 3.68. The van der Waals surface area contributed by atoms with E-state index < -0.39 is 11.8 Å². The van der Waals surface area contributed by atoms with Gasteiger partial charge in [0, 0.05) is 29.9 Å². The summed E-state index contributed by atoms with van der Waals surface area (Å²) in [5.41, 5.74) is 0.607. The minimum Gasteiger partial charge on any atom is -0.493 e. The van der Waals surface area contributed by atoms with Crippen molar-refractivity contribution in [2.45, 2.75) is 70.2 Å². The van der Waals surface area contributed by atoms with E-state index in [1.54, 1.807) is 18.0 Å². The number of amides is 2. The molecule has 35 heavy (non-hydrogen) atoms. The second-order valence-electron chi connectivity index (χ2n) is 9.15. The van der Waals surface area contributed by atoms with E-state index in [2.05, 4.69) is 10.3 Å². The van der Waals surface area contributed by atoms with Gasteiger partial charge in [-0.2, -0.15) is 4.98 Å². The molecule has 2 amide bonds. The van der Waals surface area contributed by atoms with E-state index >= 15 is 4.39 Å². The third-order valence-corrected chi connectivity index (χ3v) is 7.04. The number of aliphatic hydroxyl groups is 1. The van der Waals surface area contributed by atoms with Crippen LogP contribution in [0, 0.1) is 5.82 Å². The standard InChI is InChI=1S/C24H29ClFN5O4/c1-3-35-17-10-18(34-2)20(26)21(19(17)25)30-12-13-11-27-23(28-14-4-8-16(32)9-5-14)29-22(13)31(24(30)33)15-6-7-15/h10-11,14-16,32H,3-9,12H2,1-2H3,(H,27,28,29). The zero-order valence-electron chi connectivity index (χ0n) is 19.8. The Hall–Kier alpha value is -2.85. The zero-order chi connectivity index (χ0) is 24.7. The summed E-state index contributed by atoms with van der Waals surface area (Å²) in [6.07, 6.45) is 6.23. The monoisotopic (exact) mass is 505 g/mol. The van der Waals surface area contributed by atoms with Gasteiger partial charge in [-0.3, -0.25) is 9.80 Å². The molecule has 9 nitrogen and oxygen atoms in total. The summed E-state index contributed by atoms with van der Waals surface area (Å²) in [6.45, 7) is 2.17. The molecule has 2 aliphatic carbocycles. The number of anilines is 3. The van der Waals surface area contributed by atoms with E-state index in [0.717, 1.165) is 38.5 Å². The molecule has 1 aromatic carbocycles. The number of aliphatic hydroxyl groups excluding tert-OH is 1. The van der Waals surface area contributed by atoms with Gasteiger partial charge in [-0.05, 0) is 45.4 Å². The molecule has 2 saturated carbocycles. The lowest BCUT2D eigenvalue weighted by Gasteiger charge is -2.37. The predicted molar refractivity (Wildman–Crippen MR) is 130 cm³/mol. The molecule has 0 unspecified atom stereocenters. The number of benzene rings is 1. The molecule has 2 aromatic rings. The average molecular weight is 506 g/mol. The van der Waals surface area contributed by atoms with Crippen LogP contribution in [0.3, 0.4) is 0 Å². The molecule has 0 atom stereocenters. The number of hydrogen-bond acceptors (Lipinski definition) is 7. The van der Waals surface area contributed by atoms with Crippen molar-refractivity contribution in [3.05, 3.63) is 28.7 Å². The van der Waals surface area contributed by atoms with Crippen LogP contribution in [0.1, 0.15) is 51.0 Å². The molecular formula is C24H29ClFN5O4. The molecule has 1 aliphatic heterocycles. The minimum atomic E-state index is -0.729. The van der Waals surface area contributed by atoms with Gasteiger partial charge in [0.2, 0.25) is 5.95 Å². The quantitative estimate of drug-likeness (QED) is 0.571. The van der Waals surface area contributed by atoms with Crippen molar-refractivity contribution >= 4 is 35.1 Å². The highest BCUT2D eigenvalue weighted by Gasteiger charge is 2.43. The van der Waals surface area contributed by atoms with Gasteiger partial charge < -0.3 is 19.9 Å². The number of nitrogens with one attached hydrogen (secondary N) is 1. The molecule has 1 aromatic heterocycles. The summed E-state index contributed by atoms with van der Waals surface area (Å²) in [5, 5.41) is 13.1. The van der Waals surface area contributed by atoms with E-state index in [1.807, 2.05) is 0 Å². The Labute approximate surface area is 208 Å². The molecular weight excluding hydrogens is 477 g/mol. The van der Waals surface area contributed by atoms with Crippen LogP contribution < -0.4 is 24.6 Å². The fourth-order valence-electron chi connectivity index (χ4n) is 4.71. The number of rotatable bonds is 7. The molecule has 188 valence electrons. The van der Waals surface area contributed by atoms with Gasteiger partial charge in [-0.15, -0.1) is 0 Å². The summed E-state index contributed by atoms with van der Waals surface area (Å²) < 4.78 is 26.2. The number of carbonyl (C=O) groups excluding carboxylic acids is 1. The summed E-state index contributed by atoms with van der Waals surface area (Å²) in [6, 6.07) is 1.14. The molecule has 2 heterocycles. The second-order valence-corrected chi connectivity index (χ2v) is 9.53. The molecule has 5 rings (SSSR count). The van der Waals surface area contributed by atoms with Crippen LogP contribution in [0.25, 0.3) is 0 Å². The van der Waals surface area contributed by atoms with E-state index in [4.69, 9.17) is 26.1 Å². The van der Waals surface area contributed by atoms with Crippen LogP contribution in [0.4, 0.5) is 26.6 Å². The van der Waals surface area contributed by atoms with E-state index in [-0.39, 0.29) is 46.9 Å². The highest BCUT2D eigenvalue weighted by Crippen LogP contribution is 2.46. The lowest BCUT2D eigenvalue weighted by Crippen LogP contribution is -2.49. The number of fused-ring (bicyclic) bond motifs is 1. The first-order chi connectivity index (χ1) is 16.9. The minimum absolute atomic E-state index is 0.0105. The highest BCUT2D eigenvalue weighted by atomic mass is 35.5. The lowest BCUT2D eigenvalue weighted by molar-refractivity contribution is 0.126. The van der Waals surface area contributed by atoms with Crippen LogP contribution in [0.2, 0.25) is 5.02 Å². The van der Waals surface area contributed by atoms with Gasteiger partial charge in [0.15, 0.2) is 11.6 Å². The Kier molecular flexibility index (Phi) is 6.59. The first kappa shape index (κ1) is 23.9. The maximum absolute atomic E-state index is 15.4. The Morgan fingerprint density at radius 1 is 1.23 bits per heavy atom. The molecule has 11 heteroatoms. The summed E-state index contributed by atoms with van der Waals surface area (Å²) in [5.74, 6) is 0.435. The maximum Gasteiger partial charge on any atom is 0.330 e. The molecule has 0 bridgehead atoms. The van der Waals surface area contributed by atoms with Crippen LogP contribution in [0.15, 0.2) is 12.3 Å². The van der Waals surface area contributed by atoms with Crippen molar-refractivity contribution in [1.29, 1.82) is 0 Å². The van der Waals surface area contributed by atoms with E-state index in [0.29, 0.717) is 23.9 Å². The number of halogens is 2. The lowest BCUT2D eigenvalue weighted by atomic mass is 9.93. The molecule has 3 aliphatic rings. The topological polar surface area (TPSA) is 100 Å². The second kappa shape index (κ2) is 9.66. The molecule has 0 radical (unpaired) electrons. The van der Waals surface area contributed by atoms with Crippen molar-refractivity contribution in [2.24, 2.45) is 0 Å². The number of nitrogens with zero attached hydrogens (tertiary/aromatic N) is 4. The fraction of sp³-hybridized carbons (Fsp3) is 0.542. The van der Waals surface area contributed by atoms with Crippen molar-refractivity contribution < 1.29 is 23.8 Å². The Bertz CT molecular complexity index is 1120. The largest absolute Gasteiger partial charge is 0.493 e. The number of methoxy groups -OCH3 is 1. The highest BCUT2D eigenvalue weighted by molar-refractivity contribution is 6.35. The number of ether oxygens (including phenoxy) is 2. The van der Waals surface area contributed by atoms with Gasteiger partial charge in [-0.25, -0.2) is 14.2 Å². The van der Waals surface area contributed by atoms with E-state index in [9.17, 15) is 9.90 Å². The van der Waals surface area contributed by atoms with Crippen LogP contribution in [-0.2, 0) is 6.54 Å². The van der Waals surface area contributed by atoms with Gasteiger partial charge in [-0.1, -0.05) is 11.6 Å². The van der Waals surface area contributed by atoms with Crippen LogP contribution in [-0.4, -0.2) is 53.0 Å². The molecule has 0 spiro atoms. The number of carbonyl (C=O) groups is 1. The number of hydrogen-bond donors (Lipinski definition) is 2. The first-order valence-electron chi connectivity index (χ1n) is 12.0. The Morgan fingerprint density at radius 2 is 1.97 bits per heavy atom. The van der Waals surface area contributed by atoms with Crippen molar-refractivity contribution in [2.75, 3.05) is 28.8 Å². The fourth-order valence-corrected chi connectivity index (χ4v) is 5.00. The van der Waals surface area contributed by atoms with Crippen LogP contribution in [0.5, 0.6) is 11.5 Å². The number of aromatic nitrogens is 2. The van der Waals surface area contributed by atoms with E-state index in [1.165, 1.54) is 18.1 Å². The van der Waals surface area contributed by atoms with Gasteiger partial charge >= 0.3 is 6.03 Å². The SMILES string of the molecule is CCOc1cc(OC)c(F)c(N2Cc3cnc(NC4CCC(O)CC4)nc3N(C3CC3)C2=O)c1Cl. The van der Waals surface area contributed by atoms with Crippen molar-refractivity contribution in [1.82, 2.24) is 9.97 Å². The van der Waals surface area contributed by atoms with Gasteiger partial charge in [0.1, 0.15) is 22.3 Å². The predicted octanol–water partition coefficient (Wildman–Crippen LogP) is 4.50. The third-order valence-electron chi connectivity index (χ3n) is 6.68. The van der Waals surface area contributed by atoms with Gasteiger partial charge in [0.25, 0.3) is 0 Å². The first-order valence-corrected chi connectivity index (χ1v) is 12.4. The Morgan fingerprint density at radius 3 is 2.63 bits per heavy atom. The molecule has 2 fully saturated rings. The Balaban J connectivity index is 1.50. The summed E-state index contributed by atoms with van der Waals surface area (Å²) in [4.78, 5) is 25.8. The maximum atomic E-state index is 15.4. The van der Waals surface area contributed by atoms with Crippen molar-refractivity contribution in [3.63, 3.8) is 0 Å². The summed E-state index contributed by atoms with van der Waals surface area (Å²) >= 11 is 6.54. The normalized spacial score (nSPS) is 22.1. The smallest absolute Gasteiger partial charge is 0.330 e. The molecule has 0 saturated heterocycles. The van der Waals surface area contributed by atoms with Crippen LogP contribution >= 0.6 is 11.6 Å². The van der Waals surface area contributed by atoms with Crippen molar-refractivity contribution in [3.8, 4) is 11.5 Å². The zero-order valence-corrected chi connectivity index (χ0v) is 20.5. The number of urea groups is 1.